The van der Waals surface area contributed by atoms with E-state index < -0.39 is 22.2 Å². The summed E-state index contributed by atoms with van der Waals surface area (Å²) in [6.45, 7) is 4.22. The van der Waals surface area contributed by atoms with Crippen LogP contribution in [0.2, 0.25) is 0 Å². The highest BCUT2D eigenvalue weighted by atomic mass is 19.1. The maximum atomic E-state index is 13.8. The number of anilines is 1. The first-order valence-corrected chi connectivity index (χ1v) is 6.78. The molecule has 6 heteroatoms. The zero-order valence-corrected chi connectivity index (χ0v) is 11.5. The molecular weight excluding hydrogens is 266 g/mol. The molecule has 3 atom stereocenters. The van der Waals surface area contributed by atoms with E-state index in [4.69, 9.17) is 0 Å². The molecule has 1 fully saturated rings. The third-order valence-corrected chi connectivity index (χ3v) is 4.00. The van der Waals surface area contributed by atoms with Crippen LogP contribution in [0.15, 0.2) is 12.1 Å². The van der Waals surface area contributed by atoms with Crippen LogP contribution in [0.1, 0.15) is 33.1 Å². The van der Waals surface area contributed by atoms with Gasteiger partial charge in [-0.15, -0.1) is 0 Å². The van der Waals surface area contributed by atoms with Gasteiger partial charge in [-0.2, -0.15) is 0 Å². The smallest absolute Gasteiger partial charge is 0.275 e. The Hall–Kier alpha value is -1.72. The van der Waals surface area contributed by atoms with Gasteiger partial charge >= 0.3 is 0 Å². The van der Waals surface area contributed by atoms with Crippen molar-refractivity contribution in [3.8, 4) is 0 Å². The van der Waals surface area contributed by atoms with E-state index in [0.717, 1.165) is 31.4 Å². The lowest BCUT2D eigenvalue weighted by molar-refractivity contribution is -0.385. The molecule has 0 heterocycles. The van der Waals surface area contributed by atoms with Gasteiger partial charge in [0.25, 0.3) is 5.69 Å². The van der Waals surface area contributed by atoms with Crippen molar-refractivity contribution < 1.29 is 13.7 Å². The Labute approximate surface area is 116 Å². The number of nitro benzene ring substituents is 1. The lowest BCUT2D eigenvalue weighted by Gasteiger charge is -2.33. The van der Waals surface area contributed by atoms with Gasteiger partial charge in [0.05, 0.1) is 17.1 Å². The minimum atomic E-state index is -0.914. The first-order valence-electron chi connectivity index (χ1n) is 6.78. The van der Waals surface area contributed by atoms with E-state index in [2.05, 4.69) is 19.2 Å². The summed E-state index contributed by atoms with van der Waals surface area (Å²) in [7, 11) is 0. The maximum Gasteiger partial charge on any atom is 0.275 e. The molecule has 1 aliphatic carbocycles. The highest BCUT2D eigenvalue weighted by molar-refractivity contribution is 5.52. The molecule has 0 radical (unpaired) electrons. The van der Waals surface area contributed by atoms with E-state index in [1.807, 2.05) is 0 Å². The first-order chi connectivity index (χ1) is 9.38. The summed E-state index contributed by atoms with van der Waals surface area (Å²) in [5.74, 6) is -0.896. The van der Waals surface area contributed by atoms with Crippen molar-refractivity contribution >= 4 is 11.4 Å². The van der Waals surface area contributed by atoms with Gasteiger partial charge in [-0.3, -0.25) is 10.1 Å². The summed E-state index contributed by atoms with van der Waals surface area (Å²) < 4.78 is 27.6. The van der Waals surface area contributed by atoms with E-state index in [9.17, 15) is 18.9 Å². The lowest BCUT2D eigenvalue weighted by atomic mass is 9.80. The number of non-ortho nitro benzene ring substituents is 1. The monoisotopic (exact) mass is 284 g/mol. The molecule has 0 aromatic heterocycles. The zero-order valence-electron chi connectivity index (χ0n) is 11.5. The molecule has 1 aliphatic rings. The average Bonchev–Trinajstić information content (AvgIpc) is 2.35. The minimum Gasteiger partial charge on any atom is -0.377 e. The van der Waals surface area contributed by atoms with Crippen molar-refractivity contribution in [2.75, 3.05) is 5.32 Å². The molecule has 110 valence electrons. The highest BCUT2D eigenvalue weighted by Crippen LogP contribution is 2.33. The van der Waals surface area contributed by atoms with Gasteiger partial charge in [0.2, 0.25) is 0 Å². The summed E-state index contributed by atoms with van der Waals surface area (Å²) >= 11 is 0. The van der Waals surface area contributed by atoms with Crippen LogP contribution in [-0.2, 0) is 0 Å². The molecule has 1 N–H and O–H groups in total. The standard InChI is InChI=1S/C14H18F2N2O2/c1-8-3-4-13(9(2)5-8)17-14-11(15)6-10(18(19)20)7-12(14)16/h6-9,13,17H,3-5H2,1-2H3. The number of hydrogen-bond acceptors (Lipinski definition) is 3. The number of nitro groups is 1. The third-order valence-electron chi connectivity index (χ3n) is 4.00. The minimum absolute atomic E-state index is 0.00310. The summed E-state index contributed by atoms with van der Waals surface area (Å²) in [5.41, 5.74) is -0.835. The number of rotatable bonds is 3. The number of hydrogen-bond donors (Lipinski definition) is 1. The Kier molecular flexibility index (Phi) is 4.20. The number of benzene rings is 1. The SMILES string of the molecule is CC1CCC(Nc2c(F)cc([N+](=O)[O-])cc2F)C(C)C1. The van der Waals surface area contributed by atoms with Gasteiger partial charge < -0.3 is 5.32 Å². The van der Waals surface area contributed by atoms with Crippen molar-refractivity contribution in [2.45, 2.75) is 39.2 Å². The van der Waals surface area contributed by atoms with Crippen LogP contribution in [0.5, 0.6) is 0 Å². The van der Waals surface area contributed by atoms with Gasteiger partial charge in [0.15, 0.2) is 11.6 Å². The second kappa shape index (κ2) is 5.73. The fraction of sp³-hybridized carbons (Fsp3) is 0.571. The summed E-state index contributed by atoms with van der Waals surface area (Å²) in [6, 6.07) is 1.50. The molecule has 1 aromatic carbocycles. The van der Waals surface area contributed by atoms with Crippen LogP contribution in [0, 0.1) is 33.6 Å². The molecule has 2 rings (SSSR count). The molecule has 3 unspecified atom stereocenters. The number of nitrogens with one attached hydrogen (secondary N) is 1. The van der Waals surface area contributed by atoms with Gasteiger partial charge in [-0.1, -0.05) is 13.8 Å². The molecule has 0 saturated heterocycles. The maximum absolute atomic E-state index is 13.8. The summed E-state index contributed by atoms with van der Waals surface area (Å²) in [4.78, 5) is 9.74. The lowest BCUT2D eigenvalue weighted by Crippen LogP contribution is -2.33. The number of nitrogens with zero attached hydrogens (tertiary/aromatic N) is 1. The van der Waals surface area contributed by atoms with Gasteiger partial charge in [0.1, 0.15) is 5.69 Å². The van der Waals surface area contributed by atoms with Crippen molar-refractivity contribution in [1.82, 2.24) is 0 Å². The van der Waals surface area contributed by atoms with E-state index in [-0.39, 0.29) is 11.7 Å². The van der Waals surface area contributed by atoms with E-state index in [0.29, 0.717) is 11.8 Å². The van der Waals surface area contributed by atoms with E-state index in [1.54, 1.807) is 0 Å². The van der Waals surface area contributed by atoms with Gasteiger partial charge in [-0.05, 0) is 31.1 Å². The second-order valence-electron chi connectivity index (χ2n) is 5.69. The largest absolute Gasteiger partial charge is 0.377 e. The summed E-state index contributed by atoms with van der Waals surface area (Å²) in [5, 5.41) is 13.4. The van der Waals surface area contributed by atoms with Gasteiger partial charge in [0, 0.05) is 6.04 Å². The topological polar surface area (TPSA) is 55.2 Å². The van der Waals surface area contributed by atoms with Crippen LogP contribution >= 0.6 is 0 Å². The molecule has 1 saturated carbocycles. The normalized spacial score (nSPS) is 26.3. The Balaban J connectivity index is 2.19. The zero-order chi connectivity index (χ0) is 14.9. The Morgan fingerprint density at radius 2 is 1.85 bits per heavy atom. The third kappa shape index (κ3) is 3.05. The highest BCUT2D eigenvalue weighted by Gasteiger charge is 2.27. The van der Waals surface area contributed by atoms with E-state index >= 15 is 0 Å². The molecule has 4 nitrogen and oxygen atoms in total. The molecule has 0 spiro atoms. The van der Waals surface area contributed by atoms with Crippen LogP contribution in [0.3, 0.4) is 0 Å². The van der Waals surface area contributed by atoms with Crippen LogP contribution < -0.4 is 5.32 Å². The van der Waals surface area contributed by atoms with Gasteiger partial charge in [-0.25, -0.2) is 8.78 Å². The van der Waals surface area contributed by atoms with E-state index in [1.165, 1.54) is 0 Å². The summed E-state index contributed by atoms with van der Waals surface area (Å²) in [6.07, 6.45) is 2.87. The predicted molar refractivity (Wildman–Crippen MR) is 72.6 cm³/mol. The first kappa shape index (κ1) is 14.7. The molecular formula is C14H18F2N2O2. The van der Waals surface area contributed by atoms with Crippen molar-refractivity contribution in [1.29, 1.82) is 0 Å². The fourth-order valence-corrected chi connectivity index (χ4v) is 2.87. The average molecular weight is 284 g/mol. The van der Waals surface area contributed by atoms with Crippen molar-refractivity contribution in [3.05, 3.63) is 33.9 Å². The quantitative estimate of drug-likeness (QED) is 0.671. The Morgan fingerprint density at radius 1 is 1.25 bits per heavy atom. The molecule has 1 aromatic rings. The predicted octanol–water partition coefficient (Wildman–Crippen LogP) is 4.11. The second-order valence-corrected chi connectivity index (χ2v) is 5.69. The molecule has 20 heavy (non-hydrogen) atoms. The van der Waals surface area contributed by atoms with Crippen LogP contribution in [0.25, 0.3) is 0 Å². The Morgan fingerprint density at radius 3 is 2.35 bits per heavy atom. The molecule has 0 aliphatic heterocycles. The molecule has 0 amide bonds. The van der Waals surface area contributed by atoms with Crippen LogP contribution in [0.4, 0.5) is 20.2 Å². The van der Waals surface area contributed by atoms with Crippen molar-refractivity contribution in [2.24, 2.45) is 11.8 Å². The van der Waals surface area contributed by atoms with Crippen molar-refractivity contribution in [3.63, 3.8) is 0 Å². The number of halogens is 2. The molecule has 0 bridgehead atoms. The fourth-order valence-electron chi connectivity index (χ4n) is 2.87. The van der Waals surface area contributed by atoms with Crippen LogP contribution in [-0.4, -0.2) is 11.0 Å². The Bertz CT molecular complexity index is 499.